The summed E-state index contributed by atoms with van der Waals surface area (Å²) in [6, 6.07) is 0. The van der Waals surface area contributed by atoms with E-state index in [0.717, 1.165) is 0 Å². The number of Topliss-reactive ketones (excluding diaryl/α,β-unsaturated/α-hetero) is 3. The minimum absolute atomic E-state index is 0. The quantitative estimate of drug-likeness (QED) is 0.619. The maximum absolute atomic E-state index is 10.6. The Balaban J connectivity index is 0. The van der Waals surface area contributed by atoms with Gasteiger partial charge in [0, 0.05) is 16.8 Å². The predicted molar refractivity (Wildman–Crippen MR) is 35.5 cm³/mol. The summed E-state index contributed by atoms with van der Waals surface area (Å²) in [7, 11) is 0. The van der Waals surface area contributed by atoms with E-state index in [9.17, 15) is 14.4 Å². The molecule has 0 saturated heterocycles. The Bertz CT molecular complexity index is 153. The predicted octanol–water partition coefficient (Wildman–Crippen LogP) is 0.367. The summed E-state index contributed by atoms with van der Waals surface area (Å²) < 4.78 is 0. The molecular formula is C7H10CoO3. The van der Waals surface area contributed by atoms with Gasteiger partial charge < -0.3 is 0 Å². The van der Waals surface area contributed by atoms with Crippen molar-refractivity contribution in [3.8, 4) is 0 Å². The van der Waals surface area contributed by atoms with Crippen molar-refractivity contribution in [2.75, 3.05) is 0 Å². The van der Waals surface area contributed by atoms with Crippen LogP contribution in [0.4, 0.5) is 0 Å². The van der Waals surface area contributed by atoms with E-state index in [1.165, 1.54) is 20.8 Å². The van der Waals surface area contributed by atoms with E-state index in [2.05, 4.69) is 0 Å². The Hall–Kier alpha value is -0.484. The summed E-state index contributed by atoms with van der Waals surface area (Å²) >= 11 is 0. The van der Waals surface area contributed by atoms with Gasteiger partial charge in [0.25, 0.3) is 0 Å². The molecule has 0 aromatic carbocycles. The van der Waals surface area contributed by atoms with Gasteiger partial charge in [-0.2, -0.15) is 0 Å². The Morgan fingerprint density at radius 3 is 1.00 bits per heavy atom. The standard InChI is InChI=1S/C7H10O3.Co/c1-4(8)7(5(2)9)6(3)10;/h7H,1-3H3;. The zero-order valence-corrected chi connectivity index (χ0v) is 7.68. The van der Waals surface area contributed by atoms with Crippen LogP contribution in [0.3, 0.4) is 0 Å². The van der Waals surface area contributed by atoms with E-state index in [0.29, 0.717) is 0 Å². The van der Waals surface area contributed by atoms with E-state index in [1.54, 1.807) is 0 Å². The van der Waals surface area contributed by atoms with Crippen LogP contribution in [-0.4, -0.2) is 17.3 Å². The zero-order valence-electron chi connectivity index (χ0n) is 6.64. The van der Waals surface area contributed by atoms with Crippen LogP contribution in [0.5, 0.6) is 0 Å². The summed E-state index contributed by atoms with van der Waals surface area (Å²) in [5.74, 6) is -2.15. The smallest absolute Gasteiger partial charge is 0.147 e. The molecule has 0 heterocycles. The molecule has 0 atom stereocenters. The molecule has 0 aliphatic rings. The van der Waals surface area contributed by atoms with Gasteiger partial charge >= 0.3 is 0 Å². The maximum Gasteiger partial charge on any atom is 0.147 e. The van der Waals surface area contributed by atoms with Gasteiger partial charge in [0.1, 0.15) is 23.3 Å². The van der Waals surface area contributed by atoms with Gasteiger partial charge in [-0.1, -0.05) is 0 Å². The molecule has 4 heteroatoms. The summed E-state index contributed by atoms with van der Waals surface area (Å²) in [6.45, 7) is 3.73. The Labute approximate surface area is 75.7 Å². The van der Waals surface area contributed by atoms with Crippen LogP contribution in [0.15, 0.2) is 0 Å². The summed E-state index contributed by atoms with van der Waals surface area (Å²) in [6.07, 6.45) is 0. The third-order valence-electron chi connectivity index (χ3n) is 1.22. The molecule has 11 heavy (non-hydrogen) atoms. The number of hydrogen-bond donors (Lipinski definition) is 0. The zero-order chi connectivity index (χ0) is 8.31. The monoisotopic (exact) mass is 201 g/mol. The molecule has 0 aliphatic heterocycles. The molecule has 0 aromatic heterocycles. The molecule has 0 unspecified atom stereocenters. The molecule has 0 aliphatic carbocycles. The first-order valence-electron chi connectivity index (χ1n) is 2.98. The average Bonchev–Trinajstić information content (AvgIpc) is 1.59. The van der Waals surface area contributed by atoms with Crippen LogP contribution in [-0.2, 0) is 31.2 Å². The Morgan fingerprint density at radius 2 is 1.00 bits per heavy atom. The molecule has 0 rings (SSSR count). The van der Waals surface area contributed by atoms with E-state index in [4.69, 9.17) is 0 Å². The van der Waals surface area contributed by atoms with E-state index >= 15 is 0 Å². The fourth-order valence-corrected chi connectivity index (χ4v) is 0.859. The second-order valence-electron chi connectivity index (χ2n) is 2.26. The molecule has 0 aromatic rings. The number of ketones is 3. The van der Waals surface area contributed by atoms with Crippen LogP contribution in [0.1, 0.15) is 20.8 Å². The topological polar surface area (TPSA) is 51.2 Å². The van der Waals surface area contributed by atoms with Gasteiger partial charge in [-0.05, 0) is 20.8 Å². The van der Waals surface area contributed by atoms with Gasteiger partial charge in [0.05, 0.1) is 0 Å². The van der Waals surface area contributed by atoms with Crippen LogP contribution in [0, 0.1) is 5.92 Å². The van der Waals surface area contributed by atoms with Crippen molar-refractivity contribution in [2.24, 2.45) is 5.92 Å². The third-order valence-corrected chi connectivity index (χ3v) is 1.22. The molecule has 0 spiro atoms. The molecule has 0 fully saturated rings. The van der Waals surface area contributed by atoms with Crippen molar-refractivity contribution in [1.29, 1.82) is 0 Å². The van der Waals surface area contributed by atoms with E-state index in [1.807, 2.05) is 0 Å². The first-order valence-corrected chi connectivity index (χ1v) is 2.98. The molecule has 65 valence electrons. The van der Waals surface area contributed by atoms with Crippen LogP contribution in [0.2, 0.25) is 0 Å². The third kappa shape index (κ3) is 4.05. The van der Waals surface area contributed by atoms with Crippen LogP contribution < -0.4 is 0 Å². The molecule has 1 radical (unpaired) electrons. The largest absolute Gasteiger partial charge is 0.299 e. The van der Waals surface area contributed by atoms with Crippen molar-refractivity contribution in [1.82, 2.24) is 0 Å². The molecule has 0 N–H and O–H groups in total. The fourth-order valence-electron chi connectivity index (χ4n) is 0.859. The summed E-state index contributed by atoms with van der Waals surface area (Å²) in [5.41, 5.74) is 0. The van der Waals surface area contributed by atoms with Crippen molar-refractivity contribution >= 4 is 17.3 Å². The fraction of sp³-hybridized carbons (Fsp3) is 0.571. The molecular weight excluding hydrogens is 191 g/mol. The number of carbonyl (C=O) groups excluding carboxylic acids is 3. The van der Waals surface area contributed by atoms with Gasteiger partial charge in [0.2, 0.25) is 0 Å². The van der Waals surface area contributed by atoms with Gasteiger partial charge in [-0.25, -0.2) is 0 Å². The number of hydrogen-bond acceptors (Lipinski definition) is 3. The van der Waals surface area contributed by atoms with Crippen LogP contribution >= 0.6 is 0 Å². The van der Waals surface area contributed by atoms with Crippen molar-refractivity contribution in [3.05, 3.63) is 0 Å². The SMILES string of the molecule is CC(=O)C(C(C)=O)C(C)=O.[Co]. The average molecular weight is 201 g/mol. The van der Waals surface area contributed by atoms with Gasteiger partial charge in [-0.3, -0.25) is 14.4 Å². The minimum Gasteiger partial charge on any atom is -0.299 e. The van der Waals surface area contributed by atoms with Gasteiger partial charge in [0.15, 0.2) is 0 Å². The van der Waals surface area contributed by atoms with Crippen molar-refractivity contribution in [2.45, 2.75) is 20.8 Å². The second kappa shape index (κ2) is 5.20. The van der Waals surface area contributed by atoms with Crippen molar-refractivity contribution in [3.63, 3.8) is 0 Å². The molecule has 0 saturated carbocycles. The van der Waals surface area contributed by atoms with Crippen molar-refractivity contribution < 1.29 is 31.2 Å². The summed E-state index contributed by atoms with van der Waals surface area (Å²) in [5, 5.41) is 0. The second-order valence-corrected chi connectivity index (χ2v) is 2.26. The first-order chi connectivity index (χ1) is 4.46. The normalized spacial score (nSPS) is 8.73. The first kappa shape index (κ1) is 13.1. The maximum atomic E-state index is 10.6. The van der Waals surface area contributed by atoms with Crippen LogP contribution in [0.25, 0.3) is 0 Å². The Morgan fingerprint density at radius 1 is 0.818 bits per heavy atom. The number of rotatable bonds is 3. The van der Waals surface area contributed by atoms with Gasteiger partial charge in [-0.15, -0.1) is 0 Å². The summed E-state index contributed by atoms with van der Waals surface area (Å²) in [4.78, 5) is 31.8. The molecule has 3 nitrogen and oxygen atoms in total. The molecule has 0 bridgehead atoms. The Kier molecular flexibility index (Phi) is 6.21. The van der Waals surface area contributed by atoms with E-state index < -0.39 is 5.92 Å². The molecule has 0 amide bonds. The minimum atomic E-state index is -1.03. The number of carbonyl (C=O) groups is 3. The van der Waals surface area contributed by atoms with E-state index in [-0.39, 0.29) is 34.1 Å².